The number of amides is 2. The largest absolute Gasteiger partial charge is 0.346 e. The second-order valence-electron chi connectivity index (χ2n) is 6.81. The van der Waals surface area contributed by atoms with Gasteiger partial charge >= 0.3 is 0 Å². The van der Waals surface area contributed by atoms with Crippen molar-refractivity contribution < 1.29 is 22.8 Å². The van der Waals surface area contributed by atoms with Crippen LogP contribution >= 0.6 is 23.4 Å². The summed E-state index contributed by atoms with van der Waals surface area (Å²) in [5, 5.41) is 13.3. The number of hydrogen-bond donors (Lipinski definition) is 2. The number of anilines is 1. The number of halogens is 4. The van der Waals surface area contributed by atoms with E-state index in [4.69, 9.17) is 11.6 Å². The van der Waals surface area contributed by atoms with Crippen LogP contribution in [0.1, 0.15) is 13.8 Å². The van der Waals surface area contributed by atoms with Crippen molar-refractivity contribution in [2.24, 2.45) is 0 Å². The molecular weight excluding hydrogens is 479 g/mol. The lowest BCUT2D eigenvalue weighted by Gasteiger charge is -2.13. The standard InChI is InChI=1S/C21H19ClF3N5O2S/c1-3-30-19(12-4-6-13(22)7-5-12)28-29-21(30)33-11(2)20(32)26-10-16(31)27-15-9-8-14(23)17(24)18(15)25/h4-9,11H,3,10H2,1-2H3,(H,26,32)(H,27,31). The molecule has 1 aromatic heterocycles. The van der Waals surface area contributed by atoms with E-state index in [9.17, 15) is 22.8 Å². The third-order valence-electron chi connectivity index (χ3n) is 4.52. The Morgan fingerprint density at radius 2 is 1.79 bits per heavy atom. The number of thioether (sulfide) groups is 1. The summed E-state index contributed by atoms with van der Waals surface area (Å²) in [5.41, 5.74) is 0.292. The van der Waals surface area contributed by atoms with Crippen LogP contribution in [-0.2, 0) is 16.1 Å². The lowest BCUT2D eigenvalue weighted by molar-refractivity contribution is -0.123. The van der Waals surface area contributed by atoms with Crippen LogP contribution < -0.4 is 10.6 Å². The van der Waals surface area contributed by atoms with Crippen LogP contribution in [0.15, 0.2) is 41.6 Å². The van der Waals surface area contributed by atoms with E-state index in [0.29, 0.717) is 28.6 Å². The van der Waals surface area contributed by atoms with Crippen molar-refractivity contribution in [3.8, 4) is 11.4 Å². The molecule has 33 heavy (non-hydrogen) atoms. The molecule has 3 rings (SSSR count). The van der Waals surface area contributed by atoms with E-state index in [0.717, 1.165) is 23.4 Å². The number of carbonyl (C=O) groups excluding carboxylic acids is 2. The highest BCUT2D eigenvalue weighted by Crippen LogP contribution is 2.27. The quantitative estimate of drug-likeness (QED) is 0.358. The Hall–Kier alpha value is -3.05. The fraction of sp³-hybridized carbons (Fsp3) is 0.238. The highest BCUT2D eigenvalue weighted by molar-refractivity contribution is 8.00. The van der Waals surface area contributed by atoms with E-state index in [1.807, 2.05) is 23.6 Å². The molecule has 7 nitrogen and oxygen atoms in total. The van der Waals surface area contributed by atoms with Gasteiger partial charge < -0.3 is 15.2 Å². The molecule has 174 valence electrons. The van der Waals surface area contributed by atoms with Crippen LogP contribution in [-0.4, -0.2) is 38.4 Å². The average Bonchev–Trinajstić information content (AvgIpc) is 3.20. The van der Waals surface area contributed by atoms with Gasteiger partial charge in [0.2, 0.25) is 11.8 Å². The number of aromatic nitrogens is 3. The molecule has 0 fully saturated rings. The zero-order valence-electron chi connectivity index (χ0n) is 17.5. The summed E-state index contributed by atoms with van der Waals surface area (Å²) in [4.78, 5) is 24.4. The number of benzene rings is 2. The number of nitrogens with one attached hydrogen (secondary N) is 2. The molecule has 0 spiro atoms. The summed E-state index contributed by atoms with van der Waals surface area (Å²) in [5.74, 6) is -5.23. The monoisotopic (exact) mass is 497 g/mol. The maximum absolute atomic E-state index is 13.7. The molecule has 2 aromatic carbocycles. The normalized spacial score (nSPS) is 11.8. The second-order valence-corrected chi connectivity index (χ2v) is 8.55. The molecule has 0 aliphatic heterocycles. The van der Waals surface area contributed by atoms with Crippen LogP contribution in [0, 0.1) is 17.5 Å². The Morgan fingerprint density at radius 1 is 1.09 bits per heavy atom. The predicted octanol–water partition coefficient (Wildman–Crippen LogP) is 4.27. The van der Waals surface area contributed by atoms with Crippen LogP contribution in [0.25, 0.3) is 11.4 Å². The zero-order chi connectivity index (χ0) is 24.1. The molecule has 3 aromatic rings. The van der Waals surface area contributed by atoms with Gasteiger partial charge in [-0.3, -0.25) is 9.59 Å². The predicted molar refractivity (Wildman–Crippen MR) is 119 cm³/mol. The first kappa shape index (κ1) is 24.6. The third kappa shape index (κ3) is 5.85. The van der Waals surface area contributed by atoms with Crippen LogP contribution in [0.4, 0.5) is 18.9 Å². The third-order valence-corrected chi connectivity index (χ3v) is 5.85. The molecule has 0 radical (unpaired) electrons. The minimum Gasteiger partial charge on any atom is -0.346 e. The molecule has 0 saturated heterocycles. The number of rotatable bonds is 8. The van der Waals surface area contributed by atoms with Gasteiger partial charge in [-0.05, 0) is 50.2 Å². The minimum atomic E-state index is -1.69. The lowest BCUT2D eigenvalue weighted by atomic mass is 10.2. The van der Waals surface area contributed by atoms with E-state index in [1.54, 1.807) is 19.1 Å². The highest BCUT2D eigenvalue weighted by atomic mass is 35.5. The first-order chi connectivity index (χ1) is 15.7. The molecule has 0 saturated carbocycles. The van der Waals surface area contributed by atoms with Gasteiger partial charge in [0.25, 0.3) is 0 Å². The number of nitrogens with zero attached hydrogens (tertiary/aromatic N) is 3. The van der Waals surface area contributed by atoms with Gasteiger partial charge in [-0.2, -0.15) is 0 Å². The Bertz CT molecular complexity index is 1170. The van der Waals surface area contributed by atoms with E-state index in [1.165, 1.54) is 0 Å². The summed E-state index contributed by atoms with van der Waals surface area (Å²) < 4.78 is 41.8. The maximum Gasteiger partial charge on any atom is 0.243 e. The summed E-state index contributed by atoms with van der Waals surface area (Å²) in [6.45, 7) is 3.62. The van der Waals surface area contributed by atoms with E-state index >= 15 is 0 Å². The van der Waals surface area contributed by atoms with Crippen molar-refractivity contribution in [3.05, 3.63) is 58.9 Å². The smallest absolute Gasteiger partial charge is 0.243 e. The Kier molecular flexibility index (Phi) is 7.98. The molecule has 0 aliphatic carbocycles. The molecule has 1 heterocycles. The Morgan fingerprint density at radius 3 is 2.45 bits per heavy atom. The van der Waals surface area contributed by atoms with Crippen LogP contribution in [0.2, 0.25) is 5.02 Å². The topological polar surface area (TPSA) is 88.9 Å². The van der Waals surface area contributed by atoms with Crippen molar-refractivity contribution in [1.29, 1.82) is 0 Å². The molecule has 1 atom stereocenters. The maximum atomic E-state index is 13.7. The molecule has 12 heteroatoms. The van der Waals surface area contributed by atoms with Crippen LogP contribution in [0.3, 0.4) is 0 Å². The average molecular weight is 498 g/mol. The van der Waals surface area contributed by atoms with Crippen molar-refractivity contribution >= 4 is 40.9 Å². The van der Waals surface area contributed by atoms with Gasteiger partial charge in [0.05, 0.1) is 17.5 Å². The Labute approximate surface area is 196 Å². The molecule has 2 N–H and O–H groups in total. The van der Waals surface area contributed by atoms with Gasteiger partial charge in [-0.15, -0.1) is 10.2 Å². The number of hydrogen-bond acceptors (Lipinski definition) is 5. The summed E-state index contributed by atoms with van der Waals surface area (Å²) in [6.07, 6.45) is 0. The molecule has 1 unspecified atom stereocenters. The van der Waals surface area contributed by atoms with Crippen molar-refractivity contribution in [1.82, 2.24) is 20.1 Å². The Balaban J connectivity index is 1.59. The van der Waals surface area contributed by atoms with Gasteiger partial charge in [-0.25, -0.2) is 13.2 Å². The lowest BCUT2D eigenvalue weighted by Crippen LogP contribution is -2.37. The van der Waals surface area contributed by atoms with Crippen molar-refractivity contribution in [2.45, 2.75) is 30.8 Å². The minimum absolute atomic E-state index is 0.473. The van der Waals surface area contributed by atoms with Crippen LogP contribution in [0.5, 0.6) is 0 Å². The molecule has 0 bridgehead atoms. The molecule has 0 aliphatic rings. The van der Waals surface area contributed by atoms with Crippen molar-refractivity contribution in [3.63, 3.8) is 0 Å². The number of carbonyl (C=O) groups is 2. The summed E-state index contributed by atoms with van der Waals surface area (Å²) >= 11 is 7.08. The van der Waals surface area contributed by atoms with E-state index < -0.39 is 46.7 Å². The van der Waals surface area contributed by atoms with Gasteiger partial charge in [0.1, 0.15) is 0 Å². The fourth-order valence-corrected chi connectivity index (χ4v) is 3.88. The first-order valence-corrected chi connectivity index (χ1v) is 11.0. The molecular formula is C21H19ClF3N5O2S. The van der Waals surface area contributed by atoms with Gasteiger partial charge in [0.15, 0.2) is 28.4 Å². The second kappa shape index (κ2) is 10.7. The van der Waals surface area contributed by atoms with E-state index in [-0.39, 0.29) is 0 Å². The first-order valence-electron chi connectivity index (χ1n) is 9.78. The molecule has 2 amide bonds. The van der Waals surface area contributed by atoms with Crippen molar-refractivity contribution in [2.75, 3.05) is 11.9 Å². The van der Waals surface area contributed by atoms with Gasteiger partial charge in [0, 0.05) is 17.1 Å². The SMILES string of the molecule is CCn1c(SC(C)C(=O)NCC(=O)Nc2ccc(F)c(F)c2F)nnc1-c1ccc(Cl)cc1. The fourth-order valence-electron chi connectivity index (χ4n) is 2.81. The van der Waals surface area contributed by atoms with E-state index in [2.05, 4.69) is 20.8 Å². The summed E-state index contributed by atoms with van der Waals surface area (Å²) in [7, 11) is 0. The highest BCUT2D eigenvalue weighted by Gasteiger charge is 2.21. The van der Waals surface area contributed by atoms with Gasteiger partial charge in [-0.1, -0.05) is 23.4 Å². The summed E-state index contributed by atoms with van der Waals surface area (Å²) in [6, 6.07) is 8.70. The zero-order valence-corrected chi connectivity index (χ0v) is 19.1.